The molecule has 1 amide bonds. The monoisotopic (exact) mass is 396 g/mol. The van der Waals surface area contributed by atoms with E-state index in [1.807, 2.05) is 30.3 Å². The lowest BCUT2D eigenvalue weighted by Gasteiger charge is -2.19. The highest BCUT2D eigenvalue weighted by Crippen LogP contribution is 2.59. The zero-order valence-electron chi connectivity index (χ0n) is 17.9. The van der Waals surface area contributed by atoms with Crippen molar-refractivity contribution in [1.82, 2.24) is 5.43 Å². The topological polar surface area (TPSA) is 41.5 Å². The summed E-state index contributed by atoms with van der Waals surface area (Å²) in [6, 6.07) is 27.2. The van der Waals surface area contributed by atoms with Crippen LogP contribution in [0.2, 0.25) is 0 Å². The summed E-state index contributed by atoms with van der Waals surface area (Å²) in [6.07, 6.45) is 1.56. The molecule has 0 spiro atoms. The van der Waals surface area contributed by atoms with Gasteiger partial charge in [0.05, 0.1) is 11.6 Å². The third kappa shape index (κ3) is 3.80. The summed E-state index contributed by atoms with van der Waals surface area (Å²) >= 11 is 0. The number of rotatable bonds is 6. The molecule has 1 saturated carbocycles. The maximum absolute atomic E-state index is 13.1. The number of aryl methyl sites for hydroxylation is 2. The lowest BCUT2D eigenvalue weighted by Crippen LogP contribution is -2.26. The molecule has 1 atom stereocenters. The van der Waals surface area contributed by atoms with Crippen molar-refractivity contribution in [2.75, 3.05) is 0 Å². The Kier molecular flexibility index (Phi) is 5.54. The van der Waals surface area contributed by atoms with Gasteiger partial charge in [-0.25, -0.2) is 5.43 Å². The maximum atomic E-state index is 13.1. The first-order valence-electron chi connectivity index (χ1n) is 10.6. The summed E-state index contributed by atoms with van der Waals surface area (Å²) in [7, 11) is 0. The molecule has 3 aromatic carbocycles. The predicted octanol–water partition coefficient (Wildman–Crippen LogP) is 5.54. The summed E-state index contributed by atoms with van der Waals surface area (Å²) in [5.74, 6) is -0.140. The van der Waals surface area contributed by atoms with Crippen LogP contribution < -0.4 is 5.43 Å². The minimum Gasteiger partial charge on any atom is -0.273 e. The van der Waals surface area contributed by atoms with Crippen LogP contribution >= 0.6 is 0 Å². The van der Waals surface area contributed by atoms with E-state index in [1.54, 1.807) is 0 Å². The number of hydrogen-bond donors (Lipinski definition) is 1. The molecule has 3 heteroatoms. The van der Waals surface area contributed by atoms with Crippen LogP contribution in [0.15, 0.2) is 84.0 Å². The molecule has 3 nitrogen and oxygen atoms in total. The van der Waals surface area contributed by atoms with Gasteiger partial charge in [0.1, 0.15) is 0 Å². The fraction of sp³-hybridized carbons (Fsp3) is 0.259. The Balaban J connectivity index is 1.61. The summed E-state index contributed by atoms with van der Waals surface area (Å²) in [5.41, 5.74) is 9.35. The molecule has 0 heterocycles. The quantitative estimate of drug-likeness (QED) is 0.431. The Morgan fingerprint density at radius 3 is 1.93 bits per heavy atom. The van der Waals surface area contributed by atoms with Gasteiger partial charge in [-0.2, -0.15) is 5.10 Å². The molecule has 0 bridgehead atoms. The van der Waals surface area contributed by atoms with Crippen molar-refractivity contribution in [1.29, 1.82) is 0 Å². The van der Waals surface area contributed by atoms with Gasteiger partial charge in [-0.05, 0) is 43.4 Å². The molecule has 0 aromatic heterocycles. The van der Waals surface area contributed by atoms with Crippen molar-refractivity contribution in [2.24, 2.45) is 11.0 Å². The summed E-state index contributed by atoms with van der Waals surface area (Å²) < 4.78 is 0. The van der Waals surface area contributed by atoms with E-state index in [2.05, 4.69) is 79.8 Å². The van der Waals surface area contributed by atoms with E-state index in [0.717, 1.165) is 24.1 Å². The molecule has 3 aromatic rings. The molecular formula is C27H28N2O. The molecule has 0 aliphatic heterocycles. The molecule has 0 unspecified atom stereocenters. The first-order chi connectivity index (χ1) is 14.5. The Morgan fingerprint density at radius 1 is 0.900 bits per heavy atom. The predicted molar refractivity (Wildman–Crippen MR) is 123 cm³/mol. The highest BCUT2D eigenvalue weighted by molar-refractivity contribution is 6.01. The lowest BCUT2D eigenvalue weighted by atomic mass is 9.85. The highest BCUT2D eigenvalue weighted by atomic mass is 16.2. The smallest absolute Gasteiger partial charge is 0.244 e. The van der Waals surface area contributed by atoms with E-state index in [0.29, 0.717) is 0 Å². The van der Waals surface area contributed by atoms with Crippen molar-refractivity contribution >= 4 is 11.6 Å². The molecule has 152 valence electrons. The van der Waals surface area contributed by atoms with Crippen LogP contribution in [0, 0.1) is 19.8 Å². The summed E-state index contributed by atoms with van der Waals surface area (Å²) in [6.45, 7) is 6.23. The molecular weight excluding hydrogens is 368 g/mol. The van der Waals surface area contributed by atoms with Crippen LogP contribution in [0.1, 0.15) is 47.6 Å². The molecule has 1 N–H and O–H groups in total. The van der Waals surface area contributed by atoms with Gasteiger partial charge in [0.2, 0.25) is 5.91 Å². The number of carbonyl (C=O) groups excluding carboxylic acids is 1. The number of amides is 1. The first-order valence-corrected chi connectivity index (χ1v) is 10.6. The lowest BCUT2D eigenvalue weighted by molar-refractivity contribution is -0.122. The van der Waals surface area contributed by atoms with Crippen LogP contribution in [0.25, 0.3) is 0 Å². The van der Waals surface area contributed by atoms with Gasteiger partial charge in [0.15, 0.2) is 0 Å². The molecule has 0 saturated heterocycles. The van der Waals surface area contributed by atoms with Crippen LogP contribution in [0.4, 0.5) is 0 Å². The number of nitrogens with zero attached hydrogens (tertiary/aromatic N) is 1. The standard InChI is InChI=1S/C27H28N2O/c1-4-25(21-8-6-5-7-9-21)28-29-26(30)24-18-27(24,22-14-10-19(2)11-15-22)23-16-12-20(3)13-17-23/h5-17,24H,4,18H2,1-3H3,(H,29,30)/b28-25+/t24-/m1/s1. The number of hydrogen-bond acceptors (Lipinski definition) is 2. The SMILES string of the molecule is CC/C(=N\NC(=O)[C@H]1CC1(c1ccc(C)cc1)c1ccc(C)cc1)c1ccccc1. The number of nitrogens with one attached hydrogen (secondary N) is 1. The van der Waals surface area contributed by atoms with E-state index in [-0.39, 0.29) is 17.2 Å². The van der Waals surface area contributed by atoms with E-state index >= 15 is 0 Å². The van der Waals surface area contributed by atoms with E-state index < -0.39 is 0 Å². The van der Waals surface area contributed by atoms with Gasteiger partial charge in [-0.1, -0.05) is 96.9 Å². The molecule has 1 fully saturated rings. The largest absolute Gasteiger partial charge is 0.273 e. The van der Waals surface area contributed by atoms with Crippen LogP contribution in [-0.4, -0.2) is 11.6 Å². The van der Waals surface area contributed by atoms with Gasteiger partial charge in [0, 0.05) is 5.41 Å². The van der Waals surface area contributed by atoms with Crippen molar-refractivity contribution in [2.45, 2.75) is 39.0 Å². The van der Waals surface area contributed by atoms with Crippen molar-refractivity contribution in [3.05, 3.63) is 107 Å². The normalized spacial score (nSPS) is 17.4. The molecule has 1 aliphatic rings. The van der Waals surface area contributed by atoms with Crippen LogP contribution in [0.3, 0.4) is 0 Å². The van der Waals surface area contributed by atoms with Gasteiger partial charge in [-0.3, -0.25) is 4.79 Å². The molecule has 4 rings (SSSR count). The number of carbonyl (C=O) groups is 1. The minimum absolute atomic E-state index is 0.0157. The van der Waals surface area contributed by atoms with Crippen molar-refractivity contribution in [3.63, 3.8) is 0 Å². The average Bonchev–Trinajstić information content (AvgIpc) is 3.53. The van der Waals surface area contributed by atoms with Gasteiger partial charge in [-0.15, -0.1) is 0 Å². The zero-order valence-corrected chi connectivity index (χ0v) is 17.9. The van der Waals surface area contributed by atoms with E-state index in [4.69, 9.17) is 0 Å². The summed E-state index contributed by atoms with van der Waals surface area (Å²) in [5, 5.41) is 4.47. The van der Waals surface area contributed by atoms with Gasteiger partial charge in [0.25, 0.3) is 0 Å². The third-order valence-electron chi connectivity index (χ3n) is 6.15. The second-order valence-electron chi connectivity index (χ2n) is 8.21. The first kappa shape index (κ1) is 20.1. The highest BCUT2D eigenvalue weighted by Gasteiger charge is 2.60. The van der Waals surface area contributed by atoms with Crippen molar-refractivity contribution < 1.29 is 4.79 Å². The summed E-state index contributed by atoms with van der Waals surface area (Å²) in [4.78, 5) is 13.1. The minimum atomic E-state index is -0.278. The second kappa shape index (κ2) is 8.27. The van der Waals surface area contributed by atoms with E-state index in [1.165, 1.54) is 22.3 Å². The number of hydrazone groups is 1. The zero-order chi connectivity index (χ0) is 21.1. The molecule has 0 radical (unpaired) electrons. The van der Waals surface area contributed by atoms with Gasteiger partial charge >= 0.3 is 0 Å². The average molecular weight is 397 g/mol. The third-order valence-corrected chi connectivity index (χ3v) is 6.15. The number of benzene rings is 3. The Morgan fingerprint density at radius 2 is 1.43 bits per heavy atom. The van der Waals surface area contributed by atoms with Crippen LogP contribution in [-0.2, 0) is 10.2 Å². The second-order valence-corrected chi connectivity index (χ2v) is 8.21. The Labute approximate surface area is 178 Å². The Bertz CT molecular complexity index is 1000. The fourth-order valence-corrected chi connectivity index (χ4v) is 4.26. The van der Waals surface area contributed by atoms with Crippen LogP contribution in [0.5, 0.6) is 0 Å². The molecule has 30 heavy (non-hydrogen) atoms. The van der Waals surface area contributed by atoms with E-state index in [9.17, 15) is 4.79 Å². The van der Waals surface area contributed by atoms with Gasteiger partial charge < -0.3 is 0 Å². The maximum Gasteiger partial charge on any atom is 0.244 e. The Hall–Kier alpha value is -3.20. The van der Waals surface area contributed by atoms with Crippen molar-refractivity contribution in [3.8, 4) is 0 Å². The molecule has 1 aliphatic carbocycles. The fourth-order valence-electron chi connectivity index (χ4n) is 4.26.